The van der Waals surface area contributed by atoms with Gasteiger partial charge in [0.25, 0.3) is 5.89 Å². The molecule has 7 nitrogen and oxygen atoms in total. The molecular weight excluding hydrogens is 332 g/mol. The van der Waals surface area contributed by atoms with Crippen LogP contribution in [0.5, 0.6) is 0 Å². The highest BCUT2D eigenvalue weighted by molar-refractivity contribution is 5.80. The Labute approximate surface area is 147 Å². The number of fused-ring (bicyclic) bond motifs is 1. The maximum Gasteiger partial charge on any atom is 0.316 e. The van der Waals surface area contributed by atoms with Crippen LogP contribution in [0.3, 0.4) is 0 Å². The zero-order chi connectivity index (χ0) is 18.3. The third-order valence-corrected chi connectivity index (χ3v) is 4.14. The Kier molecular flexibility index (Phi) is 3.76. The van der Waals surface area contributed by atoms with E-state index in [0.29, 0.717) is 28.3 Å². The van der Waals surface area contributed by atoms with Gasteiger partial charge in [0.15, 0.2) is 0 Å². The van der Waals surface area contributed by atoms with Gasteiger partial charge in [0.05, 0.1) is 11.0 Å². The van der Waals surface area contributed by atoms with Gasteiger partial charge in [-0.05, 0) is 44.2 Å². The summed E-state index contributed by atoms with van der Waals surface area (Å²) in [6.45, 7) is 3.72. The quantitative estimate of drug-likeness (QED) is 0.574. The average Bonchev–Trinajstić information content (AvgIpc) is 3.13. The largest absolute Gasteiger partial charge is 0.334 e. The molecule has 0 bridgehead atoms. The Hall–Kier alpha value is -3.48. The molecule has 4 rings (SSSR count). The first-order valence-electron chi connectivity index (χ1n) is 8.22. The van der Waals surface area contributed by atoms with E-state index >= 15 is 0 Å². The molecule has 4 aromatic rings. The van der Waals surface area contributed by atoms with Gasteiger partial charge >= 0.3 is 11.1 Å². The minimum Gasteiger partial charge on any atom is -0.334 e. The van der Waals surface area contributed by atoms with Crippen LogP contribution in [0.15, 0.2) is 62.6 Å². The molecule has 0 aliphatic carbocycles. The van der Waals surface area contributed by atoms with Crippen molar-refractivity contribution in [2.24, 2.45) is 0 Å². The van der Waals surface area contributed by atoms with Crippen molar-refractivity contribution in [1.82, 2.24) is 19.7 Å². The molecule has 0 aliphatic heterocycles. The van der Waals surface area contributed by atoms with E-state index in [0.717, 1.165) is 5.56 Å². The number of hydrogen-bond acceptors (Lipinski definition) is 5. The molecule has 2 aromatic carbocycles. The second-order valence-corrected chi connectivity index (χ2v) is 6.24. The van der Waals surface area contributed by atoms with E-state index in [1.54, 1.807) is 18.2 Å². The Morgan fingerprint density at radius 3 is 2.54 bits per heavy atom. The fourth-order valence-corrected chi connectivity index (χ4v) is 2.93. The topological polar surface area (TPSA) is 93.8 Å². The number of hydrogen-bond donors (Lipinski definition) is 1. The Morgan fingerprint density at radius 2 is 1.81 bits per heavy atom. The van der Waals surface area contributed by atoms with Crippen molar-refractivity contribution < 1.29 is 4.52 Å². The summed E-state index contributed by atoms with van der Waals surface area (Å²) in [5, 5.41) is 4.02. The van der Waals surface area contributed by atoms with Crippen LogP contribution >= 0.6 is 0 Å². The van der Waals surface area contributed by atoms with Crippen molar-refractivity contribution >= 4 is 11.0 Å². The molecule has 0 radical (unpaired) electrons. The van der Waals surface area contributed by atoms with E-state index in [9.17, 15) is 9.59 Å². The number of benzene rings is 2. The Balaban J connectivity index is 1.84. The highest BCUT2D eigenvalue weighted by atomic mass is 16.5. The van der Waals surface area contributed by atoms with Crippen LogP contribution in [0.1, 0.15) is 19.9 Å². The molecule has 0 fully saturated rings. The maximum atomic E-state index is 12.1. The number of nitrogens with zero attached hydrogens (tertiary/aromatic N) is 3. The predicted octanol–water partition coefficient (Wildman–Crippen LogP) is 2.99. The average molecular weight is 348 g/mol. The van der Waals surface area contributed by atoms with E-state index in [4.69, 9.17) is 4.52 Å². The van der Waals surface area contributed by atoms with Crippen LogP contribution in [0, 0.1) is 0 Å². The number of aromatic amines is 1. The molecular formula is C19H16N4O3. The molecule has 2 heterocycles. The second kappa shape index (κ2) is 6.11. The molecule has 0 amide bonds. The third kappa shape index (κ3) is 2.63. The molecule has 2 aromatic heterocycles. The van der Waals surface area contributed by atoms with E-state index < -0.39 is 11.1 Å². The van der Waals surface area contributed by atoms with Crippen LogP contribution < -0.4 is 11.1 Å². The van der Waals surface area contributed by atoms with Crippen LogP contribution in [-0.2, 0) is 0 Å². The maximum absolute atomic E-state index is 12.1. The lowest BCUT2D eigenvalue weighted by Crippen LogP contribution is -2.37. The van der Waals surface area contributed by atoms with Crippen LogP contribution in [0.4, 0.5) is 0 Å². The van der Waals surface area contributed by atoms with E-state index in [2.05, 4.69) is 15.1 Å². The van der Waals surface area contributed by atoms with E-state index in [1.807, 2.05) is 44.2 Å². The molecule has 26 heavy (non-hydrogen) atoms. The number of H-pyrrole nitrogens is 1. The van der Waals surface area contributed by atoms with Gasteiger partial charge in [0.2, 0.25) is 5.82 Å². The minimum absolute atomic E-state index is 0.131. The van der Waals surface area contributed by atoms with Crippen molar-refractivity contribution in [1.29, 1.82) is 0 Å². The number of nitrogens with one attached hydrogen (secondary N) is 1. The number of aromatic nitrogens is 4. The predicted molar refractivity (Wildman–Crippen MR) is 97.9 cm³/mol. The van der Waals surface area contributed by atoms with Crippen LogP contribution in [0.25, 0.3) is 33.9 Å². The van der Waals surface area contributed by atoms with Crippen molar-refractivity contribution in [2.45, 2.75) is 19.9 Å². The summed E-state index contributed by atoms with van der Waals surface area (Å²) in [6.07, 6.45) is 0. The highest BCUT2D eigenvalue weighted by Crippen LogP contribution is 2.24. The first-order chi connectivity index (χ1) is 12.5. The van der Waals surface area contributed by atoms with Gasteiger partial charge in [-0.15, -0.1) is 0 Å². The van der Waals surface area contributed by atoms with E-state index in [-0.39, 0.29) is 6.04 Å². The van der Waals surface area contributed by atoms with Gasteiger partial charge in [-0.2, -0.15) is 4.98 Å². The fourth-order valence-electron chi connectivity index (χ4n) is 2.93. The summed E-state index contributed by atoms with van der Waals surface area (Å²) in [5.74, 6) is 0.829. The summed E-state index contributed by atoms with van der Waals surface area (Å²) in [6, 6.07) is 14.7. The molecule has 0 atom stereocenters. The molecule has 0 aliphatic rings. The smallest absolute Gasteiger partial charge is 0.316 e. The Morgan fingerprint density at radius 1 is 1.04 bits per heavy atom. The lowest BCUT2D eigenvalue weighted by molar-refractivity contribution is 0.432. The van der Waals surface area contributed by atoms with Gasteiger partial charge in [0, 0.05) is 17.2 Å². The zero-order valence-electron chi connectivity index (χ0n) is 14.3. The third-order valence-electron chi connectivity index (χ3n) is 4.14. The second-order valence-electron chi connectivity index (χ2n) is 6.24. The molecule has 0 unspecified atom stereocenters. The van der Waals surface area contributed by atoms with Crippen molar-refractivity contribution in [3.63, 3.8) is 0 Å². The van der Waals surface area contributed by atoms with Crippen molar-refractivity contribution in [2.75, 3.05) is 0 Å². The molecule has 0 saturated carbocycles. The SMILES string of the molecule is CC(C)n1c(=O)c(=O)[nH]c2cc(-c3noc(-c4ccccc4)n3)ccc21. The van der Waals surface area contributed by atoms with Gasteiger partial charge in [0.1, 0.15) is 0 Å². The summed E-state index contributed by atoms with van der Waals surface area (Å²) in [5.41, 5.74) is 1.50. The standard InChI is InChI=1S/C19H16N4O3/c1-11(2)23-15-9-8-13(10-14(15)20-17(24)19(23)25)16-21-18(26-22-16)12-6-4-3-5-7-12/h3-11H,1-2H3,(H,20,24). The minimum atomic E-state index is -0.651. The van der Waals surface area contributed by atoms with E-state index in [1.165, 1.54) is 4.57 Å². The highest BCUT2D eigenvalue weighted by Gasteiger charge is 2.14. The molecule has 1 N–H and O–H groups in total. The van der Waals surface area contributed by atoms with Gasteiger partial charge in [-0.3, -0.25) is 14.2 Å². The van der Waals surface area contributed by atoms with Gasteiger partial charge in [-0.25, -0.2) is 0 Å². The Bertz CT molecular complexity index is 1200. The zero-order valence-corrected chi connectivity index (χ0v) is 14.3. The summed E-state index contributed by atoms with van der Waals surface area (Å²) in [7, 11) is 0. The lowest BCUT2D eigenvalue weighted by Gasteiger charge is -2.13. The fraction of sp³-hybridized carbons (Fsp3) is 0.158. The summed E-state index contributed by atoms with van der Waals surface area (Å²) < 4.78 is 6.81. The van der Waals surface area contributed by atoms with Crippen LogP contribution in [-0.4, -0.2) is 19.7 Å². The van der Waals surface area contributed by atoms with Crippen LogP contribution in [0.2, 0.25) is 0 Å². The first kappa shape index (κ1) is 16.0. The monoisotopic (exact) mass is 348 g/mol. The van der Waals surface area contributed by atoms with Gasteiger partial charge in [-0.1, -0.05) is 23.4 Å². The summed E-state index contributed by atoms with van der Waals surface area (Å²) in [4.78, 5) is 31.1. The van der Waals surface area contributed by atoms with Crippen molar-refractivity contribution in [3.05, 3.63) is 69.2 Å². The summed E-state index contributed by atoms with van der Waals surface area (Å²) >= 11 is 0. The van der Waals surface area contributed by atoms with Crippen molar-refractivity contribution in [3.8, 4) is 22.8 Å². The lowest BCUT2D eigenvalue weighted by atomic mass is 10.1. The molecule has 0 spiro atoms. The normalized spacial score (nSPS) is 11.3. The molecule has 7 heteroatoms. The molecule has 0 saturated heterocycles. The number of rotatable bonds is 3. The first-order valence-corrected chi connectivity index (χ1v) is 8.22. The van der Waals surface area contributed by atoms with Gasteiger partial charge < -0.3 is 9.51 Å². The molecule has 130 valence electrons.